The minimum Gasteiger partial charge on any atom is -0.378 e. The zero-order chi connectivity index (χ0) is 14.7. The lowest BCUT2D eigenvalue weighted by atomic mass is 10.1. The van der Waals surface area contributed by atoms with Gasteiger partial charge in [-0.1, -0.05) is 0 Å². The van der Waals surface area contributed by atoms with Crippen LogP contribution in [0.5, 0.6) is 0 Å². The quantitative estimate of drug-likeness (QED) is 0.818. The third kappa shape index (κ3) is 3.06. The molecule has 6 heteroatoms. The van der Waals surface area contributed by atoms with Crippen molar-refractivity contribution in [1.82, 2.24) is 9.97 Å². The molecule has 0 spiro atoms. The van der Waals surface area contributed by atoms with Crippen LogP contribution in [0.3, 0.4) is 0 Å². The van der Waals surface area contributed by atoms with E-state index in [2.05, 4.69) is 37.9 Å². The number of ether oxygens (including phenoxy) is 1. The number of aryl methyl sites for hydroxylation is 1. The number of hydrogen-bond acceptors (Lipinski definition) is 4. The standard InChI is InChI=1S/C14H15FIN3O/c1-8-6-9(4-5-10(8)15)13-18-11(7-20-3)12(16)14(17-2)19-13/h4-6H,7H2,1-3H3,(H,17,18,19). The number of benzene rings is 1. The van der Waals surface area contributed by atoms with E-state index in [1.807, 2.05) is 0 Å². The summed E-state index contributed by atoms with van der Waals surface area (Å²) in [6.07, 6.45) is 0. The number of halogens is 2. The molecule has 0 fully saturated rings. The molecule has 2 rings (SSSR count). The van der Waals surface area contributed by atoms with Crippen LogP contribution in [-0.2, 0) is 11.3 Å². The van der Waals surface area contributed by atoms with Crippen molar-refractivity contribution >= 4 is 28.4 Å². The van der Waals surface area contributed by atoms with Crippen LogP contribution in [0.25, 0.3) is 11.4 Å². The van der Waals surface area contributed by atoms with Crippen LogP contribution >= 0.6 is 22.6 Å². The van der Waals surface area contributed by atoms with Crippen molar-refractivity contribution in [2.75, 3.05) is 19.5 Å². The van der Waals surface area contributed by atoms with E-state index in [0.29, 0.717) is 18.0 Å². The summed E-state index contributed by atoms with van der Waals surface area (Å²) < 4.78 is 19.4. The van der Waals surface area contributed by atoms with Crippen molar-refractivity contribution < 1.29 is 9.13 Å². The Kier molecular flexibility index (Phi) is 4.87. The predicted octanol–water partition coefficient (Wildman–Crippen LogP) is 3.38. The van der Waals surface area contributed by atoms with Crippen LogP contribution in [0.15, 0.2) is 18.2 Å². The van der Waals surface area contributed by atoms with Crippen LogP contribution in [0.1, 0.15) is 11.3 Å². The third-order valence-corrected chi connectivity index (χ3v) is 3.99. The van der Waals surface area contributed by atoms with Gasteiger partial charge in [0.2, 0.25) is 0 Å². The number of hydrogen-bond donors (Lipinski definition) is 1. The van der Waals surface area contributed by atoms with Crippen molar-refractivity contribution in [3.8, 4) is 11.4 Å². The Hall–Kier alpha value is -1.28. The molecule has 0 unspecified atom stereocenters. The molecule has 0 aliphatic carbocycles. The molecule has 1 heterocycles. The van der Waals surface area contributed by atoms with Crippen molar-refractivity contribution in [3.63, 3.8) is 0 Å². The zero-order valence-corrected chi connectivity index (χ0v) is 13.7. The Morgan fingerprint density at radius 2 is 2.10 bits per heavy atom. The minimum atomic E-state index is -0.231. The molecular formula is C14H15FIN3O. The maximum atomic E-state index is 13.3. The Labute approximate surface area is 130 Å². The summed E-state index contributed by atoms with van der Waals surface area (Å²) in [5, 5.41) is 3.04. The first-order valence-electron chi connectivity index (χ1n) is 6.06. The lowest BCUT2D eigenvalue weighted by molar-refractivity contribution is 0.181. The first-order chi connectivity index (χ1) is 9.56. The van der Waals surface area contributed by atoms with Crippen molar-refractivity contribution in [2.45, 2.75) is 13.5 Å². The summed E-state index contributed by atoms with van der Waals surface area (Å²) in [7, 11) is 3.43. The van der Waals surface area contributed by atoms with Gasteiger partial charge in [0.05, 0.1) is 15.9 Å². The number of nitrogens with one attached hydrogen (secondary N) is 1. The molecule has 0 atom stereocenters. The van der Waals surface area contributed by atoms with E-state index in [0.717, 1.165) is 20.6 Å². The fraction of sp³-hybridized carbons (Fsp3) is 0.286. The topological polar surface area (TPSA) is 47.0 Å². The SMILES string of the molecule is CNc1nc(-c2ccc(F)c(C)c2)nc(COC)c1I. The van der Waals surface area contributed by atoms with E-state index in [4.69, 9.17) is 4.74 Å². The van der Waals surface area contributed by atoms with Gasteiger partial charge in [0, 0.05) is 19.7 Å². The van der Waals surface area contributed by atoms with Gasteiger partial charge >= 0.3 is 0 Å². The van der Waals surface area contributed by atoms with E-state index >= 15 is 0 Å². The molecule has 20 heavy (non-hydrogen) atoms. The molecule has 0 saturated heterocycles. The van der Waals surface area contributed by atoms with Gasteiger partial charge in [0.25, 0.3) is 0 Å². The van der Waals surface area contributed by atoms with E-state index in [9.17, 15) is 4.39 Å². The fourth-order valence-electron chi connectivity index (χ4n) is 1.80. The maximum absolute atomic E-state index is 13.3. The van der Waals surface area contributed by atoms with Crippen molar-refractivity contribution in [1.29, 1.82) is 0 Å². The first-order valence-corrected chi connectivity index (χ1v) is 7.14. The van der Waals surface area contributed by atoms with Crippen LogP contribution in [0.2, 0.25) is 0 Å². The monoisotopic (exact) mass is 387 g/mol. The fourth-order valence-corrected chi connectivity index (χ4v) is 2.47. The largest absolute Gasteiger partial charge is 0.378 e. The molecule has 0 amide bonds. The molecule has 106 valence electrons. The molecule has 1 N–H and O–H groups in total. The number of aromatic nitrogens is 2. The highest BCUT2D eigenvalue weighted by Crippen LogP contribution is 2.25. The second-order valence-corrected chi connectivity index (χ2v) is 5.38. The highest BCUT2D eigenvalue weighted by Gasteiger charge is 2.13. The molecular weight excluding hydrogens is 372 g/mol. The third-order valence-electron chi connectivity index (χ3n) is 2.85. The number of nitrogens with zero attached hydrogens (tertiary/aromatic N) is 2. The van der Waals surface area contributed by atoms with E-state index < -0.39 is 0 Å². The van der Waals surface area contributed by atoms with Gasteiger partial charge in [-0.3, -0.25) is 0 Å². The number of rotatable bonds is 4. The van der Waals surface area contributed by atoms with Crippen LogP contribution in [0.4, 0.5) is 10.2 Å². The summed E-state index contributed by atoms with van der Waals surface area (Å²) in [6, 6.07) is 4.86. The Balaban J connectivity index is 2.55. The van der Waals surface area contributed by atoms with E-state index in [1.165, 1.54) is 6.07 Å². The first kappa shape index (κ1) is 15.1. The lowest BCUT2D eigenvalue weighted by Gasteiger charge is -2.11. The Bertz CT molecular complexity index is 634. The van der Waals surface area contributed by atoms with Gasteiger partial charge in [-0.25, -0.2) is 14.4 Å². The van der Waals surface area contributed by atoms with Gasteiger partial charge in [0.15, 0.2) is 5.82 Å². The summed E-state index contributed by atoms with van der Waals surface area (Å²) in [5.74, 6) is 1.07. The van der Waals surface area contributed by atoms with Gasteiger partial charge in [-0.2, -0.15) is 0 Å². The molecule has 1 aromatic carbocycles. The van der Waals surface area contributed by atoms with Crippen molar-refractivity contribution in [3.05, 3.63) is 38.8 Å². The predicted molar refractivity (Wildman–Crippen MR) is 85.1 cm³/mol. The van der Waals surface area contributed by atoms with E-state index in [1.54, 1.807) is 33.2 Å². The van der Waals surface area contributed by atoms with Crippen LogP contribution in [-0.4, -0.2) is 24.1 Å². The number of methoxy groups -OCH3 is 1. The molecule has 0 saturated carbocycles. The molecule has 0 aliphatic rings. The summed E-state index contributed by atoms with van der Waals surface area (Å²) in [5.41, 5.74) is 2.17. The summed E-state index contributed by atoms with van der Waals surface area (Å²) in [4.78, 5) is 8.97. The van der Waals surface area contributed by atoms with Gasteiger partial charge in [0.1, 0.15) is 11.6 Å². The maximum Gasteiger partial charge on any atom is 0.161 e. The van der Waals surface area contributed by atoms with Gasteiger partial charge in [-0.05, 0) is 53.3 Å². The summed E-state index contributed by atoms with van der Waals surface area (Å²) >= 11 is 2.18. The van der Waals surface area contributed by atoms with Crippen molar-refractivity contribution in [2.24, 2.45) is 0 Å². The smallest absolute Gasteiger partial charge is 0.161 e. The van der Waals surface area contributed by atoms with Crippen LogP contribution in [0, 0.1) is 16.3 Å². The lowest BCUT2D eigenvalue weighted by Crippen LogP contribution is -2.06. The highest BCUT2D eigenvalue weighted by molar-refractivity contribution is 14.1. The average Bonchev–Trinajstić information content (AvgIpc) is 2.44. The Morgan fingerprint density at radius 1 is 1.35 bits per heavy atom. The number of anilines is 1. The molecule has 0 radical (unpaired) electrons. The van der Waals surface area contributed by atoms with Gasteiger partial charge in [-0.15, -0.1) is 0 Å². The Morgan fingerprint density at radius 3 is 2.70 bits per heavy atom. The average molecular weight is 387 g/mol. The van der Waals surface area contributed by atoms with E-state index in [-0.39, 0.29) is 5.82 Å². The van der Waals surface area contributed by atoms with Crippen LogP contribution < -0.4 is 5.32 Å². The second kappa shape index (κ2) is 6.45. The molecule has 4 nitrogen and oxygen atoms in total. The molecule has 0 bridgehead atoms. The minimum absolute atomic E-state index is 0.231. The normalized spacial score (nSPS) is 10.7. The molecule has 0 aliphatic heterocycles. The zero-order valence-electron chi connectivity index (χ0n) is 11.5. The van der Waals surface area contributed by atoms with Gasteiger partial charge < -0.3 is 10.1 Å². The molecule has 2 aromatic rings. The summed E-state index contributed by atoms with van der Waals surface area (Å²) in [6.45, 7) is 2.13. The highest BCUT2D eigenvalue weighted by atomic mass is 127. The second-order valence-electron chi connectivity index (χ2n) is 4.30. The molecule has 1 aromatic heterocycles.